The van der Waals surface area contributed by atoms with E-state index in [1.807, 2.05) is 18.2 Å². The lowest BCUT2D eigenvalue weighted by atomic mass is 9.74. The number of aliphatic hydroxyl groups excluding tert-OH is 1. The Kier molecular flexibility index (Phi) is 6.51. The fourth-order valence-electron chi connectivity index (χ4n) is 4.91. The number of oxazole rings is 1. The van der Waals surface area contributed by atoms with E-state index in [9.17, 15) is 9.90 Å². The van der Waals surface area contributed by atoms with Crippen LogP contribution in [0, 0.1) is 6.92 Å². The van der Waals surface area contributed by atoms with Gasteiger partial charge in [-0.1, -0.05) is 30.3 Å². The highest BCUT2D eigenvalue weighted by Crippen LogP contribution is 2.39. The molecule has 162 valence electrons. The number of ether oxygens (including phenoxy) is 1. The van der Waals surface area contributed by atoms with Gasteiger partial charge in [0.1, 0.15) is 5.76 Å². The predicted octanol–water partition coefficient (Wildman–Crippen LogP) is 2.29. The minimum Gasteiger partial charge on any atom is -0.448 e. The molecule has 7 heteroatoms. The van der Waals surface area contributed by atoms with Crippen molar-refractivity contribution in [2.24, 2.45) is 0 Å². The van der Waals surface area contributed by atoms with Crippen molar-refractivity contribution in [2.75, 3.05) is 32.8 Å². The van der Waals surface area contributed by atoms with E-state index in [1.54, 1.807) is 6.92 Å². The van der Waals surface area contributed by atoms with Crippen LogP contribution in [-0.2, 0) is 10.2 Å². The molecule has 0 unspecified atom stereocenters. The zero-order valence-electron chi connectivity index (χ0n) is 17.5. The van der Waals surface area contributed by atoms with E-state index in [2.05, 4.69) is 27.3 Å². The standard InChI is InChI=1S/C23H31N3O4/c1-17-21(25-16-30-17)22(28)24-15-23(18-5-3-2-4-6-18)9-7-19(20(27)8-10-23)26-11-13-29-14-12-26/h2-6,16,19-20,27H,7-15H2,1H3,(H,24,28)/t19-,20-,23+/m0/s1. The Morgan fingerprint density at radius 2 is 1.97 bits per heavy atom. The summed E-state index contributed by atoms with van der Waals surface area (Å²) < 4.78 is 10.7. The van der Waals surface area contributed by atoms with Gasteiger partial charge in [-0.15, -0.1) is 0 Å². The molecule has 1 aromatic heterocycles. The topological polar surface area (TPSA) is 87.8 Å². The van der Waals surface area contributed by atoms with E-state index in [4.69, 9.17) is 9.15 Å². The van der Waals surface area contributed by atoms with Crippen LogP contribution in [0.2, 0.25) is 0 Å². The van der Waals surface area contributed by atoms with Gasteiger partial charge in [0, 0.05) is 31.1 Å². The Labute approximate surface area is 177 Å². The lowest BCUT2D eigenvalue weighted by Crippen LogP contribution is -2.48. The summed E-state index contributed by atoms with van der Waals surface area (Å²) in [5.41, 5.74) is 1.31. The maximum absolute atomic E-state index is 12.7. The monoisotopic (exact) mass is 413 g/mol. The molecule has 2 fully saturated rings. The van der Waals surface area contributed by atoms with E-state index >= 15 is 0 Å². The summed E-state index contributed by atoms with van der Waals surface area (Å²) in [4.78, 5) is 19.1. The average molecular weight is 414 g/mol. The third-order valence-electron chi connectivity index (χ3n) is 6.73. The first-order valence-electron chi connectivity index (χ1n) is 10.8. The molecule has 2 heterocycles. The van der Waals surface area contributed by atoms with Gasteiger partial charge in [0.25, 0.3) is 5.91 Å². The lowest BCUT2D eigenvalue weighted by Gasteiger charge is -2.37. The summed E-state index contributed by atoms with van der Waals surface area (Å²) in [7, 11) is 0. The van der Waals surface area contributed by atoms with Crippen LogP contribution in [0.25, 0.3) is 0 Å². The quantitative estimate of drug-likeness (QED) is 0.732. The minimum atomic E-state index is -0.373. The van der Waals surface area contributed by atoms with Crippen LogP contribution in [-0.4, -0.2) is 65.9 Å². The first-order chi connectivity index (χ1) is 14.6. The Morgan fingerprint density at radius 1 is 1.23 bits per heavy atom. The summed E-state index contributed by atoms with van der Waals surface area (Å²) >= 11 is 0. The predicted molar refractivity (Wildman–Crippen MR) is 112 cm³/mol. The van der Waals surface area contributed by atoms with E-state index < -0.39 is 0 Å². The van der Waals surface area contributed by atoms with Crippen LogP contribution < -0.4 is 5.32 Å². The van der Waals surface area contributed by atoms with Crippen molar-refractivity contribution < 1.29 is 19.1 Å². The maximum atomic E-state index is 12.7. The Bertz CT molecular complexity index is 834. The first-order valence-corrected chi connectivity index (χ1v) is 10.8. The number of aromatic nitrogens is 1. The molecule has 0 spiro atoms. The maximum Gasteiger partial charge on any atom is 0.273 e. The van der Waals surface area contributed by atoms with Gasteiger partial charge in [0.05, 0.1) is 19.3 Å². The van der Waals surface area contributed by atoms with Crippen molar-refractivity contribution in [3.05, 3.63) is 53.7 Å². The molecule has 1 saturated carbocycles. The second-order valence-corrected chi connectivity index (χ2v) is 8.45. The van der Waals surface area contributed by atoms with Crippen molar-refractivity contribution in [2.45, 2.75) is 50.2 Å². The molecule has 2 aromatic rings. The molecule has 4 rings (SSSR count). The van der Waals surface area contributed by atoms with Crippen molar-refractivity contribution in [3.8, 4) is 0 Å². The third-order valence-corrected chi connectivity index (χ3v) is 6.73. The molecule has 2 N–H and O–H groups in total. The fraction of sp³-hybridized carbons (Fsp3) is 0.565. The zero-order chi connectivity index (χ0) is 21.0. The molecular formula is C23H31N3O4. The largest absolute Gasteiger partial charge is 0.448 e. The number of hydrogen-bond acceptors (Lipinski definition) is 6. The highest BCUT2D eigenvalue weighted by atomic mass is 16.5. The average Bonchev–Trinajstić information content (AvgIpc) is 3.14. The SMILES string of the molecule is Cc1ocnc1C(=O)NC[C@]1(c2ccccc2)CC[C@H](O)[C@@H](N2CCOCC2)CC1. The van der Waals surface area contributed by atoms with Gasteiger partial charge < -0.3 is 19.6 Å². The van der Waals surface area contributed by atoms with Gasteiger partial charge in [-0.25, -0.2) is 4.98 Å². The molecule has 7 nitrogen and oxygen atoms in total. The number of carbonyl (C=O) groups excluding carboxylic acids is 1. The first kappa shape index (κ1) is 21.0. The molecule has 1 saturated heterocycles. The number of morpholine rings is 1. The minimum absolute atomic E-state index is 0.132. The van der Waals surface area contributed by atoms with E-state index in [1.165, 1.54) is 12.0 Å². The number of amides is 1. The number of rotatable bonds is 5. The van der Waals surface area contributed by atoms with Crippen molar-refractivity contribution >= 4 is 5.91 Å². The number of benzene rings is 1. The van der Waals surface area contributed by atoms with Crippen LogP contribution in [0.15, 0.2) is 41.1 Å². The molecule has 30 heavy (non-hydrogen) atoms. The summed E-state index contributed by atoms with van der Waals surface area (Å²) in [6.07, 6.45) is 4.23. The van der Waals surface area contributed by atoms with Crippen LogP contribution >= 0.6 is 0 Å². The Balaban J connectivity index is 1.54. The van der Waals surface area contributed by atoms with Gasteiger partial charge in [-0.3, -0.25) is 9.69 Å². The molecule has 2 aliphatic rings. The van der Waals surface area contributed by atoms with E-state index in [0.29, 0.717) is 24.4 Å². The number of hydrogen-bond donors (Lipinski definition) is 2. The normalized spacial score (nSPS) is 28.1. The van der Waals surface area contributed by atoms with E-state index in [0.717, 1.165) is 45.6 Å². The summed E-state index contributed by atoms with van der Waals surface area (Å²) in [6.45, 7) is 5.42. The van der Waals surface area contributed by atoms with Crippen molar-refractivity contribution in [1.29, 1.82) is 0 Å². The molecule has 1 aromatic carbocycles. The summed E-state index contributed by atoms with van der Waals surface area (Å²) in [5, 5.41) is 14.0. The van der Waals surface area contributed by atoms with Crippen LogP contribution in [0.4, 0.5) is 0 Å². The van der Waals surface area contributed by atoms with Crippen LogP contribution in [0.1, 0.15) is 47.5 Å². The van der Waals surface area contributed by atoms with E-state index in [-0.39, 0.29) is 23.5 Å². The number of nitrogens with one attached hydrogen (secondary N) is 1. The molecule has 3 atom stereocenters. The number of carbonyl (C=O) groups is 1. The number of nitrogens with zero attached hydrogens (tertiary/aromatic N) is 2. The molecule has 1 amide bonds. The highest BCUT2D eigenvalue weighted by molar-refractivity contribution is 5.93. The van der Waals surface area contributed by atoms with Crippen molar-refractivity contribution in [1.82, 2.24) is 15.2 Å². The zero-order valence-corrected chi connectivity index (χ0v) is 17.5. The molecular weight excluding hydrogens is 382 g/mol. The number of aryl methyl sites for hydroxylation is 1. The summed E-state index contributed by atoms with van der Waals surface area (Å²) in [5.74, 6) is 0.302. The molecule has 0 bridgehead atoms. The van der Waals surface area contributed by atoms with Crippen LogP contribution in [0.5, 0.6) is 0 Å². The molecule has 0 radical (unpaired) electrons. The Hall–Kier alpha value is -2.22. The van der Waals surface area contributed by atoms with Gasteiger partial charge >= 0.3 is 0 Å². The highest BCUT2D eigenvalue weighted by Gasteiger charge is 2.40. The van der Waals surface area contributed by atoms with Crippen molar-refractivity contribution in [3.63, 3.8) is 0 Å². The van der Waals surface area contributed by atoms with Gasteiger partial charge in [-0.2, -0.15) is 0 Å². The van der Waals surface area contributed by atoms with Gasteiger partial charge in [0.15, 0.2) is 12.1 Å². The number of aliphatic hydroxyl groups is 1. The van der Waals surface area contributed by atoms with Crippen LogP contribution in [0.3, 0.4) is 0 Å². The molecule has 1 aliphatic carbocycles. The van der Waals surface area contributed by atoms with Gasteiger partial charge in [-0.05, 0) is 38.2 Å². The third kappa shape index (κ3) is 4.43. The summed E-state index contributed by atoms with van der Waals surface area (Å²) in [6, 6.07) is 10.5. The second kappa shape index (κ2) is 9.29. The lowest BCUT2D eigenvalue weighted by molar-refractivity contribution is -0.0236. The van der Waals surface area contributed by atoms with Gasteiger partial charge in [0.2, 0.25) is 0 Å². The fourth-order valence-corrected chi connectivity index (χ4v) is 4.91. The second-order valence-electron chi connectivity index (χ2n) is 8.45. The molecule has 1 aliphatic heterocycles. The smallest absolute Gasteiger partial charge is 0.273 e. The Morgan fingerprint density at radius 3 is 2.67 bits per heavy atom.